The first-order valence-corrected chi connectivity index (χ1v) is 9.23. The van der Waals surface area contributed by atoms with Crippen molar-refractivity contribution in [1.29, 1.82) is 0 Å². The average Bonchev–Trinajstić information content (AvgIpc) is 2.70. The average molecular weight is 403 g/mol. The molecule has 0 radical (unpaired) electrons. The summed E-state index contributed by atoms with van der Waals surface area (Å²) in [6.07, 6.45) is -4.18. The summed E-state index contributed by atoms with van der Waals surface area (Å²) in [5.41, 5.74) is -1.62. The molecule has 0 spiro atoms. The molecule has 1 aromatic heterocycles. The first-order chi connectivity index (χ1) is 13.8. The van der Waals surface area contributed by atoms with E-state index in [1.54, 1.807) is 13.0 Å². The van der Waals surface area contributed by atoms with Gasteiger partial charge in [0, 0.05) is 6.54 Å². The highest BCUT2D eigenvalue weighted by atomic mass is 19.4. The first-order valence-electron chi connectivity index (χ1n) is 9.23. The molecule has 0 aliphatic rings. The lowest BCUT2D eigenvalue weighted by atomic mass is 10.1. The van der Waals surface area contributed by atoms with Gasteiger partial charge in [-0.25, -0.2) is 4.98 Å². The van der Waals surface area contributed by atoms with Gasteiger partial charge in [0.2, 0.25) is 11.6 Å². The zero-order valence-corrected chi connectivity index (χ0v) is 15.7. The fourth-order valence-electron chi connectivity index (χ4n) is 3.23. The standard InChI is InChI=1S/C21H20F3N3O2/c1-2-16(19(28)25-13-12-14-8-4-3-5-9-14)27-17-11-7-6-10-15(17)26-18(20(27)29)21(22,23)24/h3-11,16H,2,12-13H2,1H3,(H,25,28)/t16-/m0/s1. The van der Waals surface area contributed by atoms with E-state index in [1.807, 2.05) is 30.3 Å². The molecule has 152 valence electrons. The van der Waals surface area contributed by atoms with Crippen LogP contribution in [0.5, 0.6) is 0 Å². The Bertz CT molecular complexity index is 1060. The van der Waals surface area contributed by atoms with E-state index in [0.717, 1.165) is 10.1 Å². The molecule has 0 bridgehead atoms. The SMILES string of the molecule is CC[C@@H](C(=O)NCCc1ccccc1)n1c(=O)c(C(F)(F)F)nc2ccccc21. The van der Waals surface area contributed by atoms with E-state index >= 15 is 0 Å². The minimum Gasteiger partial charge on any atom is -0.354 e. The predicted octanol–water partition coefficient (Wildman–Crippen LogP) is 3.73. The van der Waals surface area contributed by atoms with Crippen LogP contribution in [0.3, 0.4) is 0 Å². The summed E-state index contributed by atoms with van der Waals surface area (Å²) < 4.78 is 40.9. The molecule has 0 aliphatic carbocycles. The van der Waals surface area contributed by atoms with Crippen molar-refractivity contribution < 1.29 is 18.0 Å². The molecule has 0 aliphatic heterocycles. The van der Waals surface area contributed by atoms with Gasteiger partial charge < -0.3 is 5.32 Å². The predicted molar refractivity (Wildman–Crippen MR) is 103 cm³/mol. The maximum absolute atomic E-state index is 13.3. The van der Waals surface area contributed by atoms with Crippen LogP contribution < -0.4 is 10.9 Å². The van der Waals surface area contributed by atoms with Crippen LogP contribution in [0.1, 0.15) is 30.6 Å². The van der Waals surface area contributed by atoms with Gasteiger partial charge in [0.15, 0.2) is 0 Å². The van der Waals surface area contributed by atoms with Gasteiger partial charge in [0.25, 0.3) is 5.56 Å². The van der Waals surface area contributed by atoms with Crippen LogP contribution in [-0.4, -0.2) is 22.0 Å². The van der Waals surface area contributed by atoms with Gasteiger partial charge in [-0.3, -0.25) is 14.2 Å². The van der Waals surface area contributed by atoms with Gasteiger partial charge >= 0.3 is 6.18 Å². The number of para-hydroxylation sites is 2. The molecule has 1 amide bonds. The Labute approximate surface area is 165 Å². The maximum Gasteiger partial charge on any atom is 0.438 e. The number of halogens is 3. The summed E-state index contributed by atoms with van der Waals surface area (Å²) in [5, 5.41) is 2.73. The molecule has 1 heterocycles. The second-order valence-corrected chi connectivity index (χ2v) is 6.57. The third-order valence-corrected chi connectivity index (χ3v) is 4.62. The van der Waals surface area contributed by atoms with Gasteiger partial charge in [-0.15, -0.1) is 0 Å². The fraction of sp³-hybridized carbons (Fsp3) is 0.286. The Balaban J connectivity index is 1.94. The van der Waals surface area contributed by atoms with E-state index in [0.29, 0.717) is 13.0 Å². The molecule has 8 heteroatoms. The Morgan fingerprint density at radius 3 is 2.41 bits per heavy atom. The van der Waals surface area contributed by atoms with Crippen molar-refractivity contribution in [3.8, 4) is 0 Å². The highest BCUT2D eigenvalue weighted by Gasteiger charge is 2.38. The lowest BCUT2D eigenvalue weighted by Gasteiger charge is -2.21. The van der Waals surface area contributed by atoms with Crippen LogP contribution >= 0.6 is 0 Å². The van der Waals surface area contributed by atoms with E-state index in [-0.39, 0.29) is 17.5 Å². The molecule has 0 saturated heterocycles. The van der Waals surface area contributed by atoms with Crippen LogP contribution in [0.15, 0.2) is 59.4 Å². The van der Waals surface area contributed by atoms with E-state index < -0.39 is 29.4 Å². The molecule has 0 unspecified atom stereocenters. The number of amides is 1. The van der Waals surface area contributed by atoms with Crippen molar-refractivity contribution in [1.82, 2.24) is 14.9 Å². The van der Waals surface area contributed by atoms with Gasteiger partial charge in [-0.2, -0.15) is 13.2 Å². The number of alkyl halides is 3. The number of carbonyl (C=O) groups is 1. The fourth-order valence-corrected chi connectivity index (χ4v) is 3.23. The summed E-state index contributed by atoms with van der Waals surface area (Å²) in [7, 11) is 0. The summed E-state index contributed by atoms with van der Waals surface area (Å²) in [5.74, 6) is -0.505. The highest BCUT2D eigenvalue weighted by molar-refractivity contribution is 5.83. The number of hydrogen-bond donors (Lipinski definition) is 1. The molecule has 1 N–H and O–H groups in total. The van der Waals surface area contributed by atoms with E-state index in [1.165, 1.54) is 18.2 Å². The van der Waals surface area contributed by atoms with Gasteiger partial charge in [0.05, 0.1) is 11.0 Å². The smallest absolute Gasteiger partial charge is 0.354 e. The monoisotopic (exact) mass is 403 g/mol. The van der Waals surface area contributed by atoms with Crippen LogP contribution in [-0.2, 0) is 17.4 Å². The second kappa shape index (κ2) is 8.46. The summed E-state index contributed by atoms with van der Waals surface area (Å²) in [6.45, 7) is 1.96. The summed E-state index contributed by atoms with van der Waals surface area (Å²) >= 11 is 0. The maximum atomic E-state index is 13.3. The molecule has 5 nitrogen and oxygen atoms in total. The van der Waals surface area contributed by atoms with Crippen molar-refractivity contribution in [3.05, 3.63) is 76.2 Å². The largest absolute Gasteiger partial charge is 0.438 e. The van der Waals surface area contributed by atoms with E-state index in [9.17, 15) is 22.8 Å². The summed E-state index contributed by atoms with van der Waals surface area (Å²) in [4.78, 5) is 28.9. The minimum atomic E-state index is -4.91. The quantitative estimate of drug-likeness (QED) is 0.682. The number of nitrogens with one attached hydrogen (secondary N) is 1. The lowest BCUT2D eigenvalue weighted by Crippen LogP contribution is -2.40. The van der Waals surface area contributed by atoms with E-state index in [2.05, 4.69) is 10.3 Å². The number of benzene rings is 2. The number of fused-ring (bicyclic) bond motifs is 1. The first kappa shape index (κ1) is 20.6. The number of carbonyl (C=O) groups excluding carboxylic acids is 1. The number of nitrogens with zero attached hydrogens (tertiary/aromatic N) is 2. The minimum absolute atomic E-state index is 0.00922. The molecule has 0 saturated carbocycles. The summed E-state index contributed by atoms with van der Waals surface area (Å²) in [6, 6.07) is 14.4. The van der Waals surface area contributed by atoms with Crippen LogP contribution in [0, 0.1) is 0 Å². The Morgan fingerprint density at radius 2 is 1.76 bits per heavy atom. The second-order valence-electron chi connectivity index (χ2n) is 6.57. The van der Waals surface area contributed by atoms with Gasteiger partial charge in [-0.1, -0.05) is 49.4 Å². The molecule has 0 fully saturated rings. The van der Waals surface area contributed by atoms with Crippen LogP contribution in [0.4, 0.5) is 13.2 Å². The topological polar surface area (TPSA) is 64.0 Å². The number of hydrogen-bond acceptors (Lipinski definition) is 3. The van der Waals surface area contributed by atoms with Gasteiger partial charge in [0.1, 0.15) is 6.04 Å². The van der Waals surface area contributed by atoms with E-state index in [4.69, 9.17) is 0 Å². The molecular weight excluding hydrogens is 383 g/mol. The van der Waals surface area contributed by atoms with Crippen LogP contribution in [0.25, 0.3) is 11.0 Å². The lowest BCUT2D eigenvalue weighted by molar-refractivity contribution is -0.142. The van der Waals surface area contributed by atoms with Gasteiger partial charge in [-0.05, 0) is 30.5 Å². The normalized spacial score (nSPS) is 12.7. The Morgan fingerprint density at radius 1 is 1.10 bits per heavy atom. The number of aromatic nitrogens is 2. The zero-order chi connectivity index (χ0) is 21.0. The molecule has 3 rings (SSSR count). The Kier molecular flexibility index (Phi) is 6.00. The number of rotatable bonds is 6. The molecule has 1 atom stereocenters. The zero-order valence-electron chi connectivity index (χ0n) is 15.7. The molecule has 29 heavy (non-hydrogen) atoms. The van der Waals surface area contributed by atoms with Crippen LogP contribution in [0.2, 0.25) is 0 Å². The molecule has 2 aromatic carbocycles. The molecular formula is C21H20F3N3O2. The van der Waals surface area contributed by atoms with Crippen molar-refractivity contribution >= 4 is 16.9 Å². The third kappa shape index (κ3) is 4.47. The Hall–Kier alpha value is -3.16. The van der Waals surface area contributed by atoms with Crippen molar-refractivity contribution in [3.63, 3.8) is 0 Å². The highest BCUT2D eigenvalue weighted by Crippen LogP contribution is 2.27. The van der Waals surface area contributed by atoms with Crippen molar-refractivity contribution in [2.45, 2.75) is 32.0 Å². The molecule has 3 aromatic rings. The van der Waals surface area contributed by atoms with Crippen molar-refractivity contribution in [2.24, 2.45) is 0 Å². The van der Waals surface area contributed by atoms with Crippen molar-refractivity contribution in [2.75, 3.05) is 6.54 Å². The third-order valence-electron chi connectivity index (χ3n) is 4.62.